The maximum atomic E-state index is 10.5. The molecule has 0 radical (unpaired) electrons. The van der Waals surface area contributed by atoms with Crippen LogP contribution in [-0.2, 0) is 4.79 Å². The zero-order chi connectivity index (χ0) is 10.8. The van der Waals surface area contributed by atoms with Crippen LogP contribution < -0.4 is 0 Å². The molecule has 0 saturated heterocycles. The van der Waals surface area contributed by atoms with Crippen molar-refractivity contribution in [2.24, 2.45) is 0 Å². The highest BCUT2D eigenvalue weighted by atomic mass is 35.5. The molecule has 0 spiro atoms. The maximum Gasteiger partial charge on any atom is 0.120 e. The Hall–Kier alpha value is -1.28. The Bertz CT molecular complexity index is 489. The van der Waals surface area contributed by atoms with E-state index in [0.29, 0.717) is 6.42 Å². The number of carbonyl (C=O) groups is 1. The van der Waals surface area contributed by atoms with Gasteiger partial charge in [0.2, 0.25) is 0 Å². The van der Waals surface area contributed by atoms with Crippen LogP contribution in [0.15, 0.2) is 24.4 Å². The SMILES string of the molecule is CC(CC=O)c1cc2[nH]ccc2cc1Cl. The lowest BCUT2D eigenvalue weighted by Crippen LogP contribution is -1.95. The molecule has 0 amide bonds. The van der Waals surface area contributed by atoms with Crippen molar-refractivity contribution in [3.63, 3.8) is 0 Å². The summed E-state index contributed by atoms with van der Waals surface area (Å²) in [6.07, 6.45) is 3.32. The third kappa shape index (κ3) is 1.90. The topological polar surface area (TPSA) is 32.9 Å². The molecule has 0 saturated carbocycles. The minimum Gasteiger partial charge on any atom is -0.361 e. The Kier molecular flexibility index (Phi) is 2.78. The molecule has 2 rings (SSSR count). The smallest absolute Gasteiger partial charge is 0.120 e. The third-order valence-electron chi connectivity index (χ3n) is 2.65. The van der Waals surface area contributed by atoms with E-state index in [9.17, 15) is 4.79 Å². The summed E-state index contributed by atoms with van der Waals surface area (Å²) >= 11 is 6.16. The van der Waals surface area contributed by atoms with Crippen LogP contribution in [0.3, 0.4) is 0 Å². The van der Waals surface area contributed by atoms with Crippen molar-refractivity contribution in [3.8, 4) is 0 Å². The summed E-state index contributed by atoms with van der Waals surface area (Å²) in [6.45, 7) is 2.00. The van der Waals surface area contributed by atoms with Gasteiger partial charge < -0.3 is 9.78 Å². The molecule has 1 heterocycles. The predicted octanol–water partition coefficient (Wildman–Crippen LogP) is 3.51. The number of aldehydes is 1. The quantitative estimate of drug-likeness (QED) is 0.791. The second-order valence-electron chi connectivity index (χ2n) is 3.74. The first-order valence-corrected chi connectivity index (χ1v) is 5.30. The minimum atomic E-state index is 0.169. The van der Waals surface area contributed by atoms with E-state index in [1.54, 1.807) is 0 Å². The van der Waals surface area contributed by atoms with Crippen LogP contribution in [0, 0.1) is 0 Å². The second kappa shape index (κ2) is 4.07. The first-order valence-electron chi connectivity index (χ1n) is 4.92. The first-order chi connectivity index (χ1) is 7.22. The summed E-state index contributed by atoms with van der Waals surface area (Å²) in [5.74, 6) is 0.169. The third-order valence-corrected chi connectivity index (χ3v) is 2.98. The fourth-order valence-electron chi connectivity index (χ4n) is 1.74. The van der Waals surface area contributed by atoms with Gasteiger partial charge in [-0.2, -0.15) is 0 Å². The standard InChI is InChI=1S/C12H12ClNO/c1-8(3-5-15)10-7-12-9(2-4-14-12)6-11(10)13/h2,4-8,14H,3H2,1H3. The number of hydrogen-bond donors (Lipinski definition) is 1. The zero-order valence-corrected chi connectivity index (χ0v) is 9.21. The average molecular weight is 222 g/mol. The van der Waals surface area contributed by atoms with Crippen LogP contribution in [0.25, 0.3) is 10.9 Å². The van der Waals surface area contributed by atoms with Gasteiger partial charge in [-0.05, 0) is 29.7 Å². The fourth-order valence-corrected chi connectivity index (χ4v) is 2.10. The van der Waals surface area contributed by atoms with Crippen LogP contribution in [0.5, 0.6) is 0 Å². The van der Waals surface area contributed by atoms with Gasteiger partial charge in [0.05, 0.1) is 0 Å². The van der Waals surface area contributed by atoms with E-state index in [4.69, 9.17) is 11.6 Å². The summed E-state index contributed by atoms with van der Waals surface area (Å²) < 4.78 is 0. The number of hydrogen-bond acceptors (Lipinski definition) is 1. The Balaban J connectivity index is 2.49. The van der Waals surface area contributed by atoms with E-state index in [-0.39, 0.29) is 5.92 Å². The van der Waals surface area contributed by atoms with Gasteiger partial charge in [-0.1, -0.05) is 18.5 Å². The highest BCUT2D eigenvalue weighted by Crippen LogP contribution is 2.30. The Morgan fingerprint density at radius 2 is 2.33 bits per heavy atom. The summed E-state index contributed by atoms with van der Waals surface area (Å²) in [5, 5.41) is 1.83. The second-order valence-corrected chi connectivity index (χ2v) is 4.15. The van der Waals surface area contributed by atoms with Crippen molar-refractivity contribution in [1.82, 2.24) is 4.98 Å². The molecule has 1 aromatic carbocycles. The molecule has 2 nitrogen and oxygen atoms in total. The number of carbonyl (C=O) groups excluding carboxylic acids is 1. The van der Waals surface area contributed by atoms with E-state index < -0.39 is 0 Å². The molecule has 1 unspecified atom stereocenters. The molecule has 0 fully saturated rings. The fraction of sp³-hybridized carbons (Fsp3) is 0.250. The van der Waals surface area contributed by atoms with Gasteiger partial charge in [0.1, 0.15) is 6.29 Å². The van der Waals surface area contributed by atoms with E-state index in [2.05, 4.69) is 4.98 Å². The lowest BCUT2D eigenvalue weighted by molar-refractivity contribution is -0.108. The number of halogens is 1. The lowest BCUT2D eigenvalue weighted by atomic mass is 9.97. The monoisotopic (exact) mass is 221 g/mol. The Labute approximate surface area is 93.2 Å². The van der Waals surface area contributed by atoms with Gasteiger partial charge in [0, 0.05) is 28.5 Å². The van der Waals surface area contributed by atoms with Gasteiger partial charge in [-0.25, -0.2) is 0 Å². The van der Waals surface area contributed by atoms with E-state index in [1.807, 2.05) is 31.3 Å². The molecular weight excluding hydrogens is 210 g/mol. The molecule has 0 bridgehead atoms. The highest BCUT2D eigenvalue weighted by Gasteiger charge is 2.10. The highest BCUT2D eigenvalue weighted by molar-refractivity contribution is 6.32. The molecule has 78 valence electrons. The Morgan fingerprint density at radius 3 is 3.07 bits per heavy atom. The van der Waals surface area contributed by atoms with Crippen LogP contribution in [0.2, 0.25) is 5.02 Å². The van der Waals surface area contributed by atoms with Gasteiger partial charge in [0.25, 0.3) is 0 Å². The van der Waals surface area contributed by atoms with Crippen molar-refractivity contribution in [1.29, 1.82) is 0 Å². The summed E-state index contributed by atoms with van der Waals surface area (Å²) in [5.41, 5.74) is 2.09. The van der Waals surface area contributed by atoms with Gasteiger partial charge in [0.15, 0.2) is 0 Å². The number of rotatable bonds is 3. The molecular formula is C12H12ClNO. The van der Waals surface area contributed by atoms with Gasteiger partial charge in [-0.15, -0.1) is 0 Å². The summed E-state index contributed by atoms with van der Waals surface area (Å²) in [7, 11) is 0. The zero-order valence-electron chi connectivity index (χ0n) is 8.46. The number of fused-ring (bicyclic) bond motifs is 1. The van der Waals surface area contributed by atoms with E-state index in [0.717, 1.165) is 27.8 Å². The Morgan fingerprint density at radius 1 is 1.53 bits per heavy atom. The van der Waals surface area contributed by atoms with Gasteiger partial charge >= 0.3 is 0 Å². The largest absolute Gasteiger partial charge is 0.361 e. The van der Waals surface area contributed by atoms with Crippen molar-refractivity contribution >= 4 is 28.8 Å². The molecule has 2 aromatic rings. The average Bonchev–Trinajstić information content (AvgIpc) is 2.63. The van der Waals surface area contributed by atoms with Crippen molar-refractivity contribution < 1.29 is 4.79 Å². The van der Waals surface area contributed by atoms with Crippen molar-refractivity contribution in [3.05, 3.63) is 35.0 Å². The van der Waals surface area contributed by atoms with E-state index in [1.165, 1.54) is 0 Å². The van der Waals surface area contributed by atoms with E-state index >= 15 is 0 Å². The molecule has 0 aliphatic heterocycles. The van der Waals surface area contributed by atoms with Crippen LogP contribution in [-0.4, -0.2) is 11.3 Å². The molecule has 0 aliphatic rings. The number of benzene rings is 1. The molecule has 1 N–H and O–H groups in total. The number of H-pyrrole nitrogens is 1. The summed E-state index contributed by atoms with van der Waals surface area (Å²) in [6, 6.07) is 5.94. The lowest BCUT2D eigenvalue weighted by Gasteiger charge is -2.10. The minimum absolute atomic E-state index is 0.169. The molecule has 1 aromatic heterocycles. The summed E-state index contributed by atoms with van der Waals surface area (Å²) in [4.78, 5) is 13.6. The van der Waals surface area contributed by atoms with Crippen LogP contribution in [0.1, 0.15) is 24.8 Å². The number of aromatic nitrogens is 1. The van der Waals surface area contributed by atoms with Gasteiger partial charge in [-0.3, -0.25) is 0 Å². The maximum absolute atomic E-state index is 10.5. The van der Waals surface area contributed by atoms with Crippen LogP contribution in [0.4, 0.5) is 0 Å². The first kappa shape index (κ1) is 10.2. The molecule has 1 atom stereocenters. The number of aromatic amines is 1. The number of nitrogens with one attached hydrogen (secondary N) is 1. The van der Waals surface area contributed by atoms with Crippen molar-refractivity contribution in [2.45, 2.75) is 19.3 Å². The predicted molar refractivity (Wildman–Crippen MR) is 62.4 cm³/mol. The van der Waals surface area contributed by atoms with Crippen molar-refractivity contribution in [2.75, 3.05) is 0 Å². The molecule has 3 heteroatoms. The normalized spacial score (nSPS) is 12.9. The molecule has 15 heavy (non-hydrogen) atoms. The molecule has 0 aliphatic carbocycles. The van der Waals surface area contributed by atoms with Crippen LogP contribution >= 0.6 is 11.6 Å².